The number of likely N-dealkylation sites (tertiary alicyclic amines) is 1. The maximum atomic E-state index is 12.5. The number of non-ortho nitro benzene ring substituents is 1. The first kappa shape index (κ1) is 23.1. The number of carbonyl (C=O) groups is 1. The Hall–Kier alpha value is -4.04. The number of benzene rings is 3. The average Bonchev–Trinajstić information content (AvgIpc) is 2.86. The molecule has 1 N–H and O–H groups in total. The van der Waals surface area contributed by atoms with Crippen molar-refractivity contribution in [1.82, 2.24) is 10.3 Å². The van der Waals surface area contributed by atoms with Crippen molar-refractivity contribution in [1.29, 1.82) is 0 Å². The van der Waals surface area contributed by atoms with Gasteiger partial charge < -0.3 is 4.74 Å². The van der Waals surface area contributed by atoms with Crippen LogP contribution in [0, 0.1) is 16.0 Å². The molecule has 0 saturated carbocycles. The van der Waals surface area contributed by atoms with Crippen LogP contribution in [-0.2, 0) is 11.3 Å². The molecule has 4 rings (SSSR count). The second kappa shape index (κ2) is 11.2. The fourth-order valence-corrected chi connectivity index (χ4v) is 3.88. The summed E-state index contributed by atoms with van der Waals surface area (Å²) in [5, 5.41) is 14.9. The zero-order chi connectivity index (χ0) is 23.8. The fraction of sp³-hybridized carbons (Fsp3) is 0.231. The highest BCUT2D eigenvalue weighted by Gasteiger charge is 2.24. The molecular formula is C26H26N4O4. The maximum absolute atomic E-state index is 12.5. The van der Waals surface area contributed by atoms with Crippen LogP contribution >= 0.6 is 0 Å². The number of nitro groups is 1. The molecule has 3 aromatic rings. The molecule has 0 atom stereocenters. The topological polar surface area (TPSA) is 97.1 Å². The quantitative estimate of drug-likeness (QED) is 0.298. The molecular weight excluding hydrogens is 432 g/mol. The molecule has 174 valence electrons. The predicted molar refractivity (Wildman–Crippen MR) is 130 cm³/mol. The fourth-order valence-electron chi connectivity index (χ4n) is 3.88. The van der Waals surface area contributed by atoms with E-state index in [2.05, 4.69) is 15.4 Å². The second-order valence-electron chi connectivity index (χ2n) is 8.20. The van der Waals surface area contributed by atoms with Crippen molar-refractivity contribution < 1.29 is 14.5 Å². The minimum absolute atomic E-state index is 0.0806. The second-order valence-corrected chi connectivity index (χ2v) is 8.20. The van der Waals surface area contributed by atoms with Gasteiger partial charge >= 0.3 is 0 Å². The summed E-state index contributed by atoms with van der Waals surface area (Å²) >= 11 is 0. The molecule has 1 aliphatic heterocycles. The largest absolute Gasteiger partial charge is 0.457 e. The molecule has 0 unspecified atom stereocenters. The number of ether oxygens (including phenoxy) is 1. The van der Waals surface area contributed by atoms with E-state index in [1.54, 1.807) is 18.3 Å². The van der Waals surface area contributed by atoms with Gasteiger partial charge in [-0.3, -0.25) is 19.8 Å². The van der Waals surface area contributed by atoms with Crippen molar-refractivity contribution in [3.63, 3.8) is 0 Å². The third kappa shape index (κ3) is 6.49. The molecule has 1 aliphatic rings. The normalized spacial score (nSPS) is 14.7. The van der Waals surface area contributed by atoms with Gasteiger partial charge in [0.05, 0.1) is 11.1 Å². The molecule has 34 heavy (non-hydrogen) atoms. The molecule has 8 heteroatoms. The standard InChI is InChI=1S/C26H26N4O4/c31-26(22-13-15-29(16-14-22)19-20-9-11-23(12-10-20)30(32)33)28-27-18-21-5-4-8-25(17-21)34-24-6-2-1-3-7-24/h1-12,17-18,22H,13-16,19H2,(H,28,31). The lowest BCUT2D eigenvalue weighted by molar-refractivity contribution is -0.384. The van der Waals surface area contributed by atoms with Crippen molar-refractivity contribution in [2.75, 3.05) is 13.1 Å². The molecule has 3 aromatic carbocycles. The highest BCUT2D eigenvalue weighted by Crippen LogP contribution is 2.22. The molecule has 1 amide bonds. The van der Waals surface area contributed by atoms with Gasteiger partial charge in [-0.2, -0.15) is 5.10 Å². The first-order chi connectivity index (χ1) is 16.6. The van der Waals surface area contributed by atoms with E-state index in [1.165, 1.54) is 12.1 Å². The Morgan fingerprint density at radius 2 is 1.74 bits per heavy atom. The predicted octanol–water partition coefficient (Wildman–Crippen LogP) is 4.75. The van der Waals surface area contributed by atoms with E-state index in [9.17, 15) is 14.9 Å². The summed E-state index contributed by atoms with van der Waals surface area (Å²) in [7, 11) is 0. The van der Waals surface area contributed by atoms with E-state index in [4.69, 9.17) is 4.74 Å². The Morgan fingerprint density at radius 3 is 2.44 bits per heavy atom. The number of nitro benzene ring substituents is 1. The van der Waals surface area contributed by atoms with Crippen LogP contribution in [0.15, 0.2) is 84.0 Å². The Morgan fingerprint density at radius 1 is 1.03 bits per heavy atom. The minimum Gasteiger partial charge on any atom is -0.457 e. The van der Waals surface area contributed by atoms with Crippen molar-refractivity contribution in [2.45, 2.75) is 19.4 Å². The molecule has 0 aliphatic carbocycles. The third-order valence-electron chi connectivity index (χ3n) is 5.74. The van der Waals surface area contributed by atoms with Gasteiger partial charge in [0, 0.05) is 24.6 Å². The number of carbonyl (C=O) groups excluding carboxylic acids is 1. The Kier molecular flexibility index (Phi) is 7.62. The number of nitrogens with one attached hydrogen (secondary N) is 1. The van der Waals surface area contributed by atoms with Crippen LogP contribution in [0.25, 0.3) is 0 Å². The number of nitrogens with zero attached hydrogens (tertiary/aromatic N) is 3. The number of hydrogen-bond donors (Lipinski definition) is 1. The molecule has 0 spiro atoms. The molecule has 8 nitrogen and oxygen atoms in total. The first-order valence-corrected chi connectivity index (χ1v) is 11.2. The summed E-state index contributed by atoms with van der Waals surface area (Å²) < 4.78 is 5.83. The zero-order valence-electron chi connectivity index (χ0n) is 18.7. The van der Waals surface area contributed by atoms with E-state index in [1.807, 2.05) is 54.6 Å². The van der Waals surface area contributed by atoms with Crippen molar-refractivity contribution in [2.24, 2.45) is 11.0 Å². The van der Waals surface area contributed by atoms with Crippen LogP contribution in [0.1, 0.15) is 24.0 Å². The molecule has 0 radical (unpaired) electrons. The van der Waals surface area contributed by atoms with Gasteiger partial charge in [-0.1, -0.05) is 42.5 Å². The summed E-state index contributed by atoms with van der Waals surface area (Å²) in [4.78, 5) is 25.2. The Labute approximate surface area is 198 Å². The number of para-hydroxylation sites is 1. The number of hydrogen-bond acceptors (Lipinski definition) is 6. The Balaban J connectivity index is 1.23. The van der Waals surface area contributed by atoms with Gasteiger partial charge in [0.1, 0.15) is 11.5 Å². The van der Waals surface area contributed by atoms with E-state index >= 15 is 0 Å². The number of amides is 1. The number of piperidine rings is 1. The van der Waals surface area contributed by atoms with Crippen LogP contribution in [0.2, 0.25) is 0 Å². The summed E-state index contributed by atoms with van der Waals surface area (Å²) in [5.41, 5.74) is 4.60. The monoisotopic (exact) mass is 458 g/mol. The molecule has 1 fully saturated rings. The van der Waals surface area contributed by atoms with Gasteiger partial charge in [-0.05, 0) is 61.3 Å². The van der Waals surface area contributed by atoms with Gasteiger partial charge in [0.2, 0.25) is 5.91 Å². The van der Waals surface area contributed by atoms with E-state index in [0.717, 1.165) is 42.8 Å². The van der Waals surface area contributed by atoms with Crippen molar-refractivity contribution >= 4 is 17.8 Å². The summed E-state index contributed by atoms with van der Waals surface area (Å²) in [6, 6.07) is 23.6. The lowest BCUT2D eigenvalue weighted by Gasteiger charge is -2.30. The summed E-state index contributed by atoms with van der Waals surface area (Å²) in [6.07, 6.45) is 3.10. The van der Waals surface area contributed by atoms with Crippen LogP contribution in [0.4, 0.5) is 5.69 Å². The highest BCUT2D eigenvalue weighted by molar-refractivity contribution is 5.83. The molecule has 1 heterocycles. The number of hydrazone groups is 1. The summed E-state index contributed by atoms with van der Waals surface area (Å²) in [6.45, 7) is 2.29. The van der Waals surface area contributed by atoms with E-state index in [0.29, 0.717) is 12.3 Å². The van der Waals surface area contributed by atoms with E-state index < -0.39 is 4.92 Å². The van der Waals surface area contributed by atoms with Gasteiger partial charge in [0.15, 0.2) is 0 Å². The minimum atomic E-state index is -0.397. The van der Waals surface area contributed by atoms with Crippen LogP contribution < -0.4 is 10.2 Å². The van der Waals surface area contributed by atoms with Crippen molar-refractivity contribution in [3.05, 3.63) is 100 Å². The summed E-state index contributed by atoms with van der Waals surface area (Å²) in [5.74, 6) is 1.28. The lowest BCUT2D eigenvalue weighted by Crippen LogP contribution is -2.39. The van der Waals surface area contributed by atoms with E-state index in [-0.39, 0.29) is 17.5 Å². The molecule has 0 bridgehead atoms. The number of rotatable bonds is 8. The SMILES string of the molecule is O=C(NN=Cc1cccc(Oc2ccccc2)c1)C1CCN(Cc2ccc([N+](=O)[O-])cc2)CC1. The molecule has 0 aromatic heterocycles. The molecule has 1 saturated heterocycles. The van der Waals surface area contributed by atoms with Crippen molar-refractivity contribution in [3.8, 4) is 11.5 Å². The highest BCUT2D eigenvalue weighted by atomic mass is 16.6. The first-order valence-electron chi connectivity index (χ1n) is 11.2. The third-order valence-corrected chi connectivity index (χ3v) is 5.74. The Bertz CT molecular complexity index is 1140. The van der Waals surface area contributed by atoms with Crippen LogP contribution in [-0.4, -0.2) is 35.0 Å². The zero-order valence-corrected chi connectivity index (χ0v) is 18.7. The van der Waals surface area contributed by atoms with Gasteiger partial charge in [0.25, 0.3) is 5.69 Å². The maximum Gasteiger partial charge on any atom is 0.269 e. The lowest BCUT2D eigenvalue weighted by atomic mass is 9.96. The smallest absolute Gasteiger partial charge is 0.269 e. The average molecular weight is 459 g/mol. The van der Waals surface area contributed by atoms with Gasteiger partial charge in [-0.15, -0.1) is 0 Å². The van der Waals surface area contributed by atoms with Gasteiger partial charge in [-0.25, -0.2) is 5.43 Å². The van der Waals surface area contributed by atoms with Crippen LogP contribution in [0.5, 0.6) is 11.5 Å². The van der Waals surface area contributed by atoms with Crippen LogP contribution in [0.3, 0.4) is 0 Å².